The van der Waals surface area contributed by atoms with Gasteiger partial charge in [0.05, 0.1) is 0 Å². The fourth-order valence-corrected chi connectivity index (χ4v) is 2.66. The first kappa shape index (κ1) is 13.2. The zero-order valence-electron chi connectivity index (χ0n) is 9.78. The number of sulfonamides is 1. The first-order valence-electron chi connectivity index (χ1n) is 5.15. The molecule has 0 radical (unpaired) electrons. The molecule has 0 spiro atoms. The third kappa shape index (κ3) is 3.33. The van der Waals surface area contributed by atoms with Crippen LogP contribution in [0.4, 0.5) is 0 Å². The maximum absolute atomic E-state index is 11.8. The molecular formula is C10H18N2O3S. The molecular weight excluding hydrogens is 228 g/mol. The summed E-state index contributed by atoms with van der Waals surface area (Å²) in [6.07, 6.45) is 0.606. The van der Waals surface area contributed by atoms with Crippen molar-refractivity contribution < 1.29 is 12.8 Å². The molecule has 1 aromatic rings. The average molecular weight is 246 g/mol. The highest BCUT2D eigenvalue weighted by atomic mass is 32.2. The van der Waals surface area contributed by atoms with E-state index in [0.29, 0.717) is 24.5 Å². The molecule has 1 rings (SSSR count). The van der Waals surface area contributed by atoms with Gasteiger partial charge in [-0.3, -0.25) is 0 Å². The molecule has 1 unspecified atom stereocenters. The second-order valence-electron chi connectivity index (χ2n) is 3.94. The predicted octanol–water partition coefficient (Wildman–Crippen LogP) is 0.912. The Hall–Kier alpha value is -0.850. The third-order valence-corrected chi connectivity index (χ3v) is 3.75. The molecule has 1 aromatic heterocycles. The van der Waals surface area contributed by atoms with E-state index < -0.39 is 10.0 Å². The summed E-state index contributed by atoms with van der Waals surface area (Å²) in [5.74, 6) is 0.996. The van der Waals surface area contributed by atoms with Gasteiger partial charge in [0.2, 0.25) is 10.0 Å². The second kappa shape index (κ2) is 4.99. The first-order chi connectivity index (χ1) is 7.33. The van der Waals surface area contributed by atoms with Crippen LogP contribution in [0.15, 0.2) is 15.4 Å². The van der Waals surface area contributed by atoms with Crippen LogP contribution in [0.1, 0.15) is 24.9 Å². The van der Waals surface area contributed by atoms with E-state index in [2.05, 4.69) is 4.72 Å². The monoisotopic (exact) mass is 246 g/mol. The Morgan fingerprint density at radius 2 is 2.12 bits per heavy atom. The summed E-state index contributed by atoms with van der Waals surface area (Å²) in [4.78, 5) is 0.203. The number of hydrogen-bond donors (Lipinski definition) is 2. The molecule has 6 heteroatoms. The number of furan rings is 1. The van der Waals surface area contributed by atoms with E-state index in [9.17, 15) is 8.42 Å². The lowest BCUT2D eigenvalue weighted by molar-refractivity contribution is 0.495. The van der Waals surface area contributed by atoms with Crippen LogP contribution in [-0.2, 0) is 10.0 Å². The molecule has 0 saturated carbocycles. The number of nitrogens with two attached hydrogens (primary N) is 1. The zero-order chi connectivity index (χ0) is 12.3. The van der Waals surface area contributed by atoms with Crippen molar-refractivity contribution in [3.8, 4) is 0 Å². The highest BCUT2D eigenvalue weighted by Crippen LogP contribution is 2.18. The Morgan fingerprint density at radius 1 is 1.50 bits per heavy atom. The van der Waals surface area contributed by atoms with Gasteiger partial charge in [-0.15, -0.1) is 0 Å². The Balaban J connectivity index is 2.75. The quantitative estimate of drug-likeness (QED) is 0.808. The van der Waals surface area contributed by atoms with Crippen molar-refractivity contribution in [1.29, 1.82) is 0 Å². The second-order valence-corrected chi connectivity index (χ2v) is 5.68. The SMILES string of the molecule is Cc1cc(S(=O)(=O)NCCC(C)N)c(C)o1. The van der Waals surface area contributed by atoms with Crippen molar-refractivity contribution in [3.05, 3.63) is 17.6 Å². The molecule has 0 aliphatic rings. The summed E-state index contributed by atoms with van der Waals surface area (Å²) in [7, 11) is -3.47. The Kier molecular flexibility index (Phi) is 4.12. The minimum atomic E-state index is -3.47. The van der Waals surface area contributed by atoms with Gasteiger partial charge in [0, 0.05) is 12.6 Å². The van der Waals surface area contributed by atoms with E-state index in [1.54, 1.807) is 13.8 Å². The van der Waals surface area contributed by atoms with Crippen molar-refractivity contribution in [1.82, 2.24) is 4.72 Å². The summed E-state index contributed by atoms with van der Waals surface area (Å²) in [6.45, 7) is 5.52. The molecule has 16 heavy (non-hydrogen) atoms. The van der Waals surface area contributed by atoms with E-state index in [1.807, 2.05) is 6.92 Å². The van der Waals surface area contributed by atoms with Crippen LogP contribution in [0.5, 0.6) is 0 Å². The lowest BCUT2D eigenvalue weighted by Gasteiger charge is -2.07. The van der Waals surface area contributed by atoms with Gasteiger partial charge in [0.1, 0.15) is 16.4 Å². The number of nitrogens with one attached hydrogen (secondary N) is 1. The van der Waals surface area contributed by atoms with Gasteiger partial charge < -0.3 is 10.2 Å². The van der Waals surface area contributed by atoms with Crippen LogP contribution in [0, 0.1) is 13.8 Å². The molecule has 0 aromatic carbocycles. The van der Waals surface area contributed by atoms with Crippen molar-refractivity contribution in [2.45, 2.75) is 38.1 Å². The third-order valence-electron chi connectivity index (χ3n) is 2.18. The average Bonchev–Trinajstić information content (AvgIpc) is 2.44. The molecule has 0 bridgehead atoms. The summed E-state index contributed by atoms with van der Waals surface area (Å²) in [5, 5.41) is 0. The summed E-state index contributed by atoms with van der Waals surface area (Å²) in [6, 6.07) is 1.50. The summed E-state index contributed by atoms with van der Waals surface area (Å²) in [5.41, 5.74) is 5.54. The van der Waals surface area contributed by atoms with Gasteiger partial charge in [0.25, 0.3) is 0 Å². The molecule has 92 valence electrons. The van der Waals surface area contributed by atoms with Gasteiger partial charge in [0.15, 0.2) is 0 Å². The fraction of sp³-hybridized carbons (Fsp3) is 0.600. The standard InChI is InChI=1S/C10H18N2O3S/c1-7(11)4-5-12-16(13,14)10-6-8(2)15-9(10)3/h6-7,12H,4-5,11H2,1-3H3. The molecule has 3 N–H and O–H groups in total. The van der Waals surface area contributed by atoms with Crippen molar-refractivity contribution in [3.63, 3.8) is 0 Å². The molecule has 0 fully saturated rings. The lowest BCUT2D eigenvalue weighted by atomic mass is 10.3. The van der Waals surface area contributed by atoms with Gasteiger partial charge in [-0.05, 0) is 33.3 Å². The minimum absolute atomic E-state index is 0.0186. The molecule has 0 aliphatic heterocycles. The van der Waals surface area contributed by atoms with E-state index in [-0.39, 0.29) is 10.9 Å². The van der Waals surface area contributed by atoms with Crippen molar-refractivity contribution >= 4 is 10.0 Å². The molecule has 1 heterocycles. The van der Waals surface area contributed by atoms with Gasteiger partial charge >= 0.3 is 0 Å². The van der Waals surface area contributed by atoms with Gasteiger partial charge in [-0.25, -0.2) is 13.1 Å². The topological polar surface area (TPSA) is 85.3 Å². The Morgan fingerprint density at radius 3 is 2.56 bits per heavy atom. The van der Waals surface area contributed by atoms with Gasteiger partial charge in [-0.2, -0.15) is 0 Å². The van der Waals surface area contributed by atoms with E-state index in [0.717, 1.165) is 0 Å². The first-order valence-corrected chi connectivity index (χ1v) is 6.63. The number of aryl methyl sites for hydroxylation is 2. The normalized spacial score (nSPS) is 14.0. The summed E-state index contributed by atoms with van der Waals surface area (Å²) >= 11 is 0. The van der Waals surface area contributed by atoms with Crippen LogP contribution >= 0.6 is 0 Å². The molecule has 0 amide bonds. The number of hydrogen-bond acceptors (Lipinski definition) is 4. The van der Waals surface area contributed by atoms with E-state index >= 15 is 0 Å². The van der Waals surface area contributed by atoms with Crippen molar-refractivity contribution in [2.75, 3.05) is 6.54 Å². The molecule has 0 saturated heterocycles. The number of rotatable bonds is 5. The molecule has 1 atom stereocenters. The molecule has 0 aliphatic carbocycles. The largest absolute Gasteiger partial charge is 0.465 e. The van der Waals surface area contributed by atoms with Crippen LogP contribution in [-0.4, -0.2) is 21.0 Å². The van der Waals surface area contributed by atoms with Crippen LogP contribution < -0.4 is 10.5 Å². The van der Waals surface area contributed by atoms with Crippen LogP contribution in [0.3, 0.4) is 0 Å². The Bertz CT molecular complexity index is 449. The maximum Gasteiger partial charge on any atom is 0.244 e. The predicted molar refractivity (Wildman–Crippen MR) is 61.6 cm³/mol. The Labute approximate surface area is 96.1 Å². The highest BCUT2D eigenvalue weighted by Gasteiger charge is 2.19. The van der Waals surface area contributed by atoms with Crippen LogP contribution in [0.2, 0.25) is 0 Å². The highest BCUT2D eigenvalue weighted by molar-refractivity contribution is 7.89. The molecule has 5 nitrogen and oxygen atoms in total. The van der Waals surface area contributed by atoms with Crippen LogP contribution in [0.25, 0.3) is 0 Å². The fourth-order valence-electron chi connectivity index (χ4n) is 1.37. The zero-order valence-corrected chi connectivity index (χ0v) is 10.6. The van der Waals surface area contributed by atoms with Crippen molar-refractivity contribution in [2.24, 2.45) is 5.73 Å². The smallest absolute Gasteiger partial charge is 0.244 e. The van der Waals surface area contributed by atoms with Gasteiger partial charge in [-0.1, -0.05) is 0 Å². The van der Waals surface area contributed by atoms with E-state index in [4.69, 9.17) is 10.2 Å². The maximum atomic E-state index is 11.8. The lowest BCUT2D eigenvalue weighted by Crippen LogP contribution is -2.29. The van der Waals surface area contributed by atoms with E-state index in [1.165, 1.54) is 6.07 Å². The summed E-state index contributed by atoms with van der Waals surface area (Å²) < 4.78 is 31.3. The minimum Gasteiger partial charge on any atom is -0.465 e.